The van der Waals surface area contributed by atoms with E-state index in [-0.39, 0.29) is 0 Å². The molecular weight excluding hydrogens is 218 g/mol. The predicted molar refractivity (Wildman–Crippen MR) is 79.8 cm³/mol. The molecule has 2 aliphatic carbocycles. The highest BCUT2D eigenvalue weighted by atomic mass is 14.9. The van der Waals surface area contributed by atoms with Crippen molar-refractivity contribution in [2.75, 3.05) is 6.54 Å². The van der Waals surface area contributed by atoms with Crippen LogP contribution in [0.15, 0.2) is 0 Å². The molecule has 18 heavy (non-hydrogen) atoms. The Morgan fingerprint density at radius 1 is 0.944 bits per heavy atom. The summed E-state index contributed by atoms with van der Waals surface area (Å²) in [5, 5.41) is 3.87. The van der Waals surface area contributed by atoms with E-state index in [1.165, 1.54) is 83.6 Å². The van der Waals surface area contributed by atoms with E-state index in [1.807, 2.05) is 0 Å². The summed E-state index contributed by atoms with van der Waals surface area (Å²) in [6.07, 6.45) is 17.7. The minimum atomic E-state index is 0.837. The number of nitrogens with one attached hydrogen (secondary N) is 1. The molecule has 0 heterocycles. The van der Waals surface area contributed by atoms with Crippen LogP contribution in [0.3, 0.4) is 0 Å². The Morgan fingerprint density at radius 2 is 1.61 bits per heavy atom. The zero-order chi connectivity index (χ0) is 12.6. The van der Waals surface area contributed by atoms with Crippen LogP contribution in [0.25, 0.3) is 0 Å². The van der Waals surface area contributed by atoms with Gasteiger partial charge in [-0.05, 0) is 50.5 Å². The van der Waals surface area contributed by atoms with Gasteiger partial charge in [-0.25, -0.2) is 0 Å². The number of hydrogen-bond acceptors (Lipinski definition) is 1. The molecule has 2 fully saturated rings. The lowest BCUT2D eigenvalue weighted by molar-refractivity contribution is 0.267. The van der Waals surface area contributed by atoms with Gasteiger partial charge in [-0.2, -0.15) is 0 Å². The Labute approximate surface area is 114 Å². The van der Waals surface area contributed by atoms with Gasteiger partial charge in [-0.3, -0.25) is 0 Å². The second-order valence-electron chi connectivity index (χ2n) is 6.69. The Morgan fingerprint density at radius 3 is 2.22 bits per heavy atom. The zero-order valence-electron chi connectivity index (χ0n) is 12.4. The lowest BCUT2D eigenvalue weighted by atomic mass is 9.83. The second-order valence-corrected chi connectivity index (χ2v) is 6.69. The molecule has 1 atom stereocenters. The molecule has 1 nitrogen and oxygen atoms in total. The number of rotatable bonds is 7. The van der Waals surface area contributed by atoms with Crippen LogP contribution in [-0.4, -0.2) is 12.6 Å². The van der Waals surface area contributed by atoms with Crippen LogP contribution < -0.4 is 5.32 Å². The molecule has 0 aromatic rings. The standard InChI is InChI=1S/C17H33N/c1-2-14-18-17(13-12-15-10-11-15)16-8-6-4-3-5-7-9-16/h15-18H,2-14H2,1H3. The average Bonchev–Trinajstić information content (AvgIpc) is 3.14. The van der Waals surface area contributed by atoms with E-state index in [0.29, 0.717) is 0 Å². The molecule has 0 spiro atoms. The van der Waals surface area contributed by atoms with Gasteiger partial charge in [-0.15, -0.1) is 0 Å². The van der Waals surface area contributed by atoms with Gasteiger partial charge in [0, 0.05) is 6.04 Å². The highest BCUT2D eigenvalue weighted by molar-refractivity contribution is 4.81. The van der Waals surface area contributed by atoms with Gasteiger partial charge in [0.25, 0.3) is 0 Å². The third-order valence-corrected chi connectivity index (χ3v) is 4.96. The summed E-state index contributed by atoms with van der Waals surface area (Å²) in [6, 6.07) is 0.837. The second kappa shape index (κ2) is 8.19. The van der Waals surface area contributed by atoms with Crippen molar-refractivity contribution in [1.29, 1.82) is 0 Å². The summed E-state index contributed by atoms with van der Waals surface area (Å²) >= 11 is 0. The fourth-order valence-corrected chi connectivity index (χ4v) is 3.55. The molecule has 0 radical (unpaired) electrons. The predicted octanol–water partition coefficient (Wildman–Crippen LogP) is 4.91. The lowest BCUT2D eigenvalue weighted by Gasteiger charge is -2.30. The molecule has 0 amide bonds. The first-order valence-electron chi connectivity index (χ1n) is 8.63. The van der Waals surface area contributed by atoms with Gasteiger partial charge in [-0.1, -0.05) is 51.9 Å². The van der Waals surface area contributed by atoms with Crippen molar-refractivity contribution in [3.63, 3.8) is 0 Å². The summed E-state index contributed by atoms with van der Waals surface area (Å²) in [6.45, 7) is 3.52. The fraction of sp³-hybridized carbons (Fsp3) is 1.00. The van der Waals surface area contributed by atoms with Gasteiger partial charge < -0.3 is 5.32 Å². The van der Waals surface area contributed by atoms with Gasteiger partial charge in [0.1, 0.15) is 0 Å². The third-order valence-electron chi connectivity index (χ3n) is 4.96. The molecule has 0 aromatic carbocycles. The van der Waals surface area contributed by atoms with Crippen LogP contribution in [0.1, 0.15) is 84.0 Å². The van der Waals surface area contributed by atoms with Crippen LogP contribution in [0, 0.1) is 11.8 Å². The first-order valence-corrected chi connectivity index (χ1v) is 8.63. The molecule has 2 aliphatic rings. The van der Waals surface area contributed by atoms with Crippen molar-refractivity contribution in [3.8, 4) is 0 Å². The molecular formula is C17H33N. The van der Waals surface area contributed by atoms with Crippen molar-refractivity contribution in [2.24, 2.45) is 11.8 Å². The minimum Gasteiger partial charge on any atom is -0.314 e. The van der Waals surface area contributed by atoms with Crippen LogP contribution in [0.5, 0.6) is 0 Å². The van der Waals surface area contributed by atoms with E-state index in [0.717, 1.165) is 17.9 Å². The van der Waals surface area contributed by atoms with E-state index in [4.69, 9.17) is 0 Å². The Kier molecular flexibility index (Phi) is 6.54. The van der Waals surface area contributed by atoms with E-state index in [9.17, 15) is 0 Å². The SMILES string of the molecule is CCCNC(CCC1CC1)C1CCCCCCC1. The van der Waals surface area contributed by atoms with Crippen molar-refractivity contribution in [3.05, 3.63) is 0 Å². The molecule has 1 heteroatoms. The summed E-state index contributed by atoms with van der Waals surface area (Å²) in [7, 11) is 0. The van der Waals surface area contributed by atoms with Gasteiger partial charge in [0.2, 0.25) is 0 Å². The maximum Gasteiger partial charge on any atom is 0.00954 e. The molecule has 106 valence electrons. The molecule has 0 saturated heterocycles. The first-order chi connectivity index (χ1) is 8.90. The van der Waals surface area contributed by atoms with Gasteiger partial charge in [0.05, 0.1) is 0 Å². The fourth-order valence-electron chi connectivity index (χ4n) is 3.55. The molecule has 2 saturated carbocycles. The van der Waals surface area contributed by atoms with Crippen molar-refractivity contribution < 1.29 is 0 Å². The third kappa shape index (κ3) is 5.30. The average molecular weight is 251 g/mol. The molecule has 2 rings (SSSR count). The van der Waals surface area contributed by atoms with Crippen LogP contribution >= 0.6 is 0 Å². The highest BCUT2D eigenvalue weighted by Crippen LogP contribution is 2.35. The summed E-state index contributed by atoms with van der Waals surface area (Å²) in [5.41, 5.74) is 0. The molecule has 1 unspecified atom stereocenters. The summed E-state index contributed by atoms with van der Waals surface area (Å²) in [5.74, 6) is 2.08. The van der Waals surface area contributed by atoms with Crippen LogP contribution in [0.2, 0.25) is 0 Å². The highest BCUT2D eigenvalue weighted by Gasteiger charge is 2.26. The van der Waals surface area contributed by atoms with Crippen molar-refractivity contribution in [1.82, 2.24) is 5.32 Å². The van der Waals surface area contributed by atoms with E-state index >= 15 is 0 Å². The number of hydrogen-bond donors (Lipinski definition) is 1. The summed E-state index contributed by atoms with van der Waals surface area (Å²) in [4.78, 5) is 0. The zero-order valence-corrected chi connectivity index (χ0v) is 12.4. The van der Waals surface area contributed by atoms with Crippen LogP contribution in [-0.2, 0) is 0 Å². The van der Waals surface area contributed by atoms with Crippen molar-refractivity contribution >= 4 is 0 Å². The normalized spacial score (nSPS) is 24.5. The maximum atomic E-state index is 3.87. The Bertz CT molecular complexity index is 202. The minimum absolute atomic E-state index is 0.837. The van der Waals surface area contributed by atoms with Gasteiger partial charge in [0.15, 0.2) is 0 Å². The molecule has 0 aliphatic heterocycles. The first kappa shape index (κ1) is 14.4. The largest absolute Gasteiger partial charge is 0.314 e. The maximum absolute atomic E-state index is 3.87. The van der Waals surface area contributed by atoms with Crippen LogP contribution in [0.4, 0.5) is 0 Å². The van der Waals surface area contributed by atoms with E-state index < -0.39 is 0 Å². The monoisotopic (exact) mass is 251 g/mol. The molecule has 1 N–H and O–H groups in total. The van der Waals surface area contributed by atoms with E-state index in [1.54, 1.807) is 0 Å². The molecule has 0 bridgehead atoms. The topological polar surface area (TPSA) is 12.0 Å². The lowest BCUT2D eigenvalue weighted by Crippen LogP contribution is -2.37. The molecule has 0 aromatic heterocycles. The van der Waals surface area contributed by atoms with Gasteiger partial charge >= 0.3 is 0 Å². The van der Waals surface area contributed by atoms with Crippen molar-refractivity contribution in [2.45, 2.75) is 90.0 Å². The quantitative estimate of drug-likeness (QED) is 0.678. The van der Waals surface area contributed by atoms with E-state index in [2.05, 4.69) is 12.2 Å². The smallest absolute Gasteiger partial charge is 0.00954 e. The Balaban J connectivity index is 1.78. The Hall–Kier alpha value is -0.0400. The summed E-state index contributed by atoms with van der Waals surface area (Å²) < 4.78 is 0.